The normalized spacial score (nSPS) is 10.4. The van der Waals surface area contributed by atoms with Crippen LogP contribution in [0.1, 0.15) is 25.3 Å². The van der Waals surface area contributed by atoms with Gasteiger partial charge in [-0.3, -0.25) is 9.59 Å². The van der Waals surface area contributed by atoms with Crippen LogP contribution >= 0.6 is 0 Å². The predicted molar refractivity (Wildman–Crippen MR) is 114 cm³/mol. The minimum absolute atomic E-state index is 0.240. The number of benzene rings is 3. The topological polar surface area (TPSA) is 70.2 Å². The molecule has 3 N–H and O–H groups in total. The second-order valence-electron chi connectivity index (χ2n) is 6.72. The van der Waals surface area contributed by atoms with Crippen molar-refractivity contribution in [2.75, 3.05) is 16.0 Å². The number of rotatable bonds is 5. The molecular weight excluding hydrogens is 350 g/mol. The first kappa shape index (κ1) is 19.2. The van der Waals surface area contributed by atoms with Crippen molar-refractivity contribution in [2.24, 2.45) is 0 Å². The molecule has 3 aromatic rings. The van der Waals surface area contributed by atoms with Gasteiger partial charge in [-0.2, -0.15) is 0 Å². The first-order valence-electron chi connectivity index (χ1n) is 9.16. The van der Waals surface area contributed by atoms with Crippen LogP contribution in [-0.4, -0.2) is 11.8 Å². The van der Waals surface area contributed by atoms with Crippen molar-refractivity contribution in [3.63, 3.8) is 0 Å². The third-order valence-corrected chi connectivity index (χ3v) is 4.24. The van der Waals surface area contributed by atoms with Crippen LogP contribution in [-0.2, 0) is 9.59 Å². The van der Waals surface area contributed by atoms with Crippen molar-refractivity contribution < 1.29 is 9.59 Å². The third kappa shape index (κ3) is 4.98. The van der Waals surface area contributed by atoms with Crippen LogP contribution < -0.4 is 16.0 Å². The maximum atomic E-state index is 12.3. The van der Waals surface area contributed by atoms with Gasteiger partial charge in [0.2, 0.25) is 0 Å². The van der Waals surface area contributed by atoms with Crippen LogP contribution in [0.2, 0.25) is 0 Å². The summed E-state index contributed by atoms with van der Waals surface area (Å²) in [7, 11) is 0. The molecule has 0 aromatic heterocycles. The van der Waals surface area contributed by atoms with E-state index in [0.717, 1.165) is 16.9 Å². The highest BCUT2D eigenvalue weighted by atomic mass is 16.2. The number of carbonyl (C=O) groups is 2. The number of nitrogens with one attached hydrogen (secondary N) is 3. The molecule has 0 aliphatic rings. The molecule has 0 bridgehead atoms. The van der Waals surface area contributed by atoms with Gasteiger partial charge in [0.05, 0.1) is 0 Å². The number of hydrogen-bond donors (Lipinski definition) is 3. The van der Waals surface area contributed by atoms with E-state index in [1.807, 2.05) is 74.5 Å². The van der Waals surface area contributed by atoms with E-state index in [-0.39, 0.29) is 5.92 Å². The Morgan fingerprint density at radius 2 is 1.18 bits per heavy atom. The molecule has 0 spiro atoms. The summed E-state index contributed by atoms with van der Waals surface area (Å²) >= 11 is 0. The summed E-state index contributed by atoms with van der Waals surface area (Å²) < 4.78 is 0. The fourth-order valence-electron chi connectivity index (χ4n) is 2.81. The Morgan fingerprint density at radius 1 is 0.643 bits per heavy atom. The van der Waals surface area contributed by atoms with Gasteiger partial charge in [-0.05, 0) is 53.9 Å². The zero-order valence-electron chi connectivity index (χ0n) is 15.9. The van der Waals surface area contributed by atoms with Gasteiger partial charge in [-0.25, -0.2) is 0 Å². The summed E-state index contributed by atoms with van der Waals surface area (Å²) in [6.07, 6.45) is 0. The quantitative estimate of drug-likeness (QED) is 0.543. The Morgan fingerprint density at radius 3 is 1.86 bits per heavy atom. The monoisotopic (exact) mass is 373 g/mol. The van der Waals surface area contributed by atoms with E-state index in [1.54, 1.807) is 18.2 Å². The molecule has 0 fully saturated rings. The maximum Gasteiger partial charge on any atom is 0.314 e. The van der Waals surface area contributed by atoms with Gasteiger partial charge in [0.25, 0.3) is 0 Å². The second kappa shape index (κ2) is 8.86. The van der Waals surface area contributed by atoms with Gasteiger partial charge in [-0.1, -0.05) is 50.2 Å². The molecule has 0 atom stereocenters. The summed E-state index contributed by atoms with van der Waals surface area (Å²) in [6, 6.07) is 24.5. The molecule has 0 saturated heterocycles. The number of para-hydroxylation sites is 2. The molecular formula is C23H23N3O2. The maximum absolute atomic E-state index is 12.3. The molecule has 0 radical (unpaired) electrons. The van der Waals surface area contributed by atoms with E-state index in [0.29, 0.717) is 11.4 Å². The molecule has 0 saturated carbocycles. The van der Waals surface area contributed by atoms with Crippen LogP contribution in [0.3, 0.4) is 0 Å². The Bertz CT molecular complexity index is 951. The minimum atomic E-state index is -0.706. The lowest BCUT2D eigenvalue weighted by molar-refractivity contribution is -0.133. The van der Waals surface area contributed by atoms with E-state index in [1.165, 1.54) is 0 Å². The van der Waals surface area contributed by atoms with Gasteiger partial charge in [-0.15, -0.1) is 0 Å². The molecule has 5 nitrogen and oxygen atoms in total. The van der Waals surface area contributed by atoms with E-state index in [9.17, 15) is 9.59 Å². The summed E-state index contributed by atoms with van der Waals surface area (Å²) in [4.78, 5) is 24.5. The third-order valence-electron chi connectivity index (χ3n) is 4.24. The number of hydrogen-bond acceptors (Lipinski definition) is 3. The summed E-state index contributed by atoms with van der Waals surface area (Å²) in [5, 5.41) is 8.58. The zero-order chi connectivity index (χ0) is 19.9. The Hall–Kier alpha value is -3.60. The van der Waals surface area contributed by atoms with Gasteiger partial charge in [0, 0.05) is 22.7 Å². The van der Waals surface area contributed by atoms with Crippen LogP contribution in [0.4, 0.5) is 22.7 Å². The molecule has 0 aliphatic carbocycles. The van der Waals surface area contributed by atoms with E-state index in [4.69, 9.17) is 0 Å². The van der Waals surface area contributed by atoms with Crippen molar-refractivity contribution in [2.45, 2.75) is 19.8 Å². The van der Waals surface area contributed by atoms with E-state index in [2.05, 4.69) is 16.0 Å². The molecule has 3 rings (SSSR count). The van der Waals surface area contributed by atoms with Gasteiger partial charge in [0.1, 0.15) is 0 Å². The Labute approximate surface area is 164 Å². The van der Waals surface area contributed by atoms with Crippen LogP contribution in [0.25, 0.3) is 0 Å². The van der Waals surface area contributed by atoms with Gasteiger partial charge in [0.15, 0.2) is 0 Å². The average Bonchev–Trinajstić information content (AvgIpc) is 2.70. The Kier molecular flexibility index (Phi) is 6.07. The lowest BCUT2D eigenvalue weighted by atomic mass is 10.0. The highest BCUT2D eigenvalue weighted by Gasteiger charge is 2.16. The predicted octanol–water partition coefficient (Wildman–Crippen LogP) is 5.13. The van der Waals surface area contributed by atoms with Crippen molar-refractivity contribution in [3.8, 4) is 0 Å². The fourth-order valence-corrected chi connectivity index (χ4v) is 2.81. The van der Waals surface area contributed by atoms with Crippen LogP contribution in [0.5, 0.6) is 0 Å². The molecule has 3 aromatic carbocycles. The first-order valence-corrected chi connectivity index (χ1v) is 9.16. The largest absolute Gasteiger partial charge is 0.356 e. The molecule has 0 heterocycles. The van der Waals surface area contributed by atoms with Crippen molar-refractivity contribution in [3.05, 3.63) is 84.4 Å². The SMILES string of the molecule is CC(C)c1ccccc1NC(=O)C(=O)Nc1ccc(Nc2ccccc2)cc1. The van der Waals surface area contributed by atoms with Crippen molar-refractivity contribution >= 4 is 34.6 Å². The zero-order valence-corrected chi connectivity index (χ0v) is 15.9. The number of anilines is 4. The smallest absolute Gasteiger partial charge is 0.314 e. The van der Waals surface area contributed by atoms with Crippen molar-refractivity contribution in [1.29, 1.82) is 0 Å². The van der Waals surface area contributed by atoms with E-state index < -0.39 is 11.8 Å². The fraction of sp³-hybridized carbons (Fsp3) is 0.130. The number of carbonyl (C=O) groups excluding carboxylic acids is 2. The lowest BCUT2D eigenvalue weighted by Gasteiger charge is -2.13. The summed E-state index contributed by atoms with van der Waals surface area (Å²) in [5.74, 6) is -1.16. The lowest BCUT2D eigenvalue weighted by Crippen LogP contribution is -2.29. The molecule has 5 heteroatoms. The minimum Gasteiger partial charge on any atom is -0.356 e. The molecule has 142 valence electrons. The van der Waals surface area contributed by atoms with Crippen LogP contribution in [0, 0.1) is 0 Å². The summed E-state index contributed by atoms with van der Waals surface area (Å²) in [5.41, 5.74) is 4.05. The van der Waals surface area contributed by atoms with E-state index >= 15 is 0 Å². The van der Waals surface area contributed by atoms with Crippen molar-refractivity contribution in [1.82, 2.24) is 0 Å². The molecule has 0 unspecified atom stereocenters. The van der Waals surface area contributed by atoms with Gasteiger partial charge >= 0.3 is 11.8 Å². The first-order chi connectivity index (χ1) is 13.5. The average molecular weight is 373 g/mol. The second-order valence-corrected chi connectivity index (χ2v) is 6.72. The summed E-state index contributed by atoms with van der Waals surface area (Å²) in [6.45, 7) is 4.08. The standard InChI is InChI=1S/C23H23N3O2/c1-16(2)20-10-6-7-11-21(20)26-23(28)22(27)25-19-14-12-18(13-15-19)24-17-8-4-3-5-9-17/h3-16,24H,1-2H3,(H,25,27)(H,26,28). The molecule has 2 amide bonds. The highest BCUT2D eigenvalue weighted by molar-refractivity contribution is 6.43. The molecule has 0 aliphatic heterocycles. The molecule has 28 heavy (non-hydrogen) atoms. The number of amides is 2. The Balaban J connectivity index is 1.60. The highest BCUT2D eigenvalue weighted by Crippen LogP contribution is 2.24. The van der Waals surface area contributed by atoms with Gasteiger partial charge < -0.3 is 16.0 Å². The van der Waals surface area contributed by atoms with Crippen LogP contribution in [0.15, 0.2) is 78.9 Å².